The number of aromatic nitrogens is 2. The van der Waals surface area contributed by atoms with Crippen molar-refractivity contribution in [3.8, 4) is 16.9 Å². The van der Waals surface area contributed by atoms with Crippen LogP contribution in [0.5, 0.6) is 0 Å². The second-order valence-corrected chi connectivity index (χ2v) is 6.83. The number of hydrogen-bond acceptors (Lipinski definition) is 3. The molecule has 0 bridgehead atoms. The first-order chi connectivity index (χ1) is 14.6. The zero-order valence-corrected chi connectivity index (χ0v) is 17.3. The van der Waals surface area contributed by atoms with Gasteiger partial charge in [0.15, 0.2) is 0 Å². The van der Waals surface area contributed by atoms with Crippen LogP contribution in [0.1, 0.15) is 20.3 Å². The van der Waals surface area contributed by atoms with Crippen molar-refractivity contribution in [2.75, 3.05) is 25.0 Å². The summed E-state index contributed by atoms with van der Waals surface area (Å²) in [6, 6.07) is 21.0. The van der Waals surface area contributed by atoms with Gasteiger partial charge in [0.1, 0.15) is 12.4 Å². The van der Waals surface area contributed by atoms with Gasteiger partial charge in [-0.25, -0.2) is 9.48 Å². The first kappa shape index (κ1) is 21.1. The van der Waals surface area contributed by atoms with E-state index < -0.39 is 0 Å². The Morgan fingerprint density at radius 2 is 1.67 bits per heavy atom. The summed E-state index contributed by atoms with van der Waals surface area (Å²) in [5.74, 6) is 0.281. The van der Waals surface area contributed by atoms with Gasteiger partial charge in [-0.3, -0.25) is 4.79 Å². The van der Waals surface area contributed by atoms with Crippen LogP contribution in [0, 0.1) is 0 Å². The fourth-order valence-corrected chi connectivity index (χ4v) is 3.13. The molecule has 1 aromatic heterocycles. The van der Waals surface area contributed by atoms with E-state index in [9.17, 15) is 9.59 Å². The first-order valence-corrected chi connectivity index (χ1v) is 10.2. The normalized spacial score (nSPS) is 10.5. The number of carbonyl (C=O) groups excluding carboxylic acids is 2. The molecule has 3 rings (SSSR count). The lowest BCUT2D eigenvalue weighted by Gasteiger charge is -2.21. The molecule has 7 nitrogen and oxygen atoms in total. The summed E-state index contributed by atoms with van der Waals surface area (Å²) in [5, 5.41) is 10.4. The molecule has 156 valence electrons. The summed E-state index contributed by atoms with van der Waals surface area (Å²) in [6.07, 6.45) is 0.768. The minimum atomic E-state index is -0.272. The molecule has 0 fully saturated rings. The molecule has 0 saturated heterocycles. The molecule has 30 heavy (non-hydrogen) atoms. The van der Waals surface area contributed by atoms with Gasteiger partial charge in [-0.15, -0.1) is 0 Å². The molecule has 3 aromatic rings. The largest absolute Gasteiger partial charge is 0.338 e. The molecule has 0 unspecified atom stereocenters. The number of para-hydroxylation sites is 1. The second kappa shape index (κ2) is 10.2. The number of anilines is 1. The first-order valence-electron chi connectivity index (χ1n) is 10.2. The predicted octanol–water partition coefficient (Wildman–Crippen LogP) is 3.92. The smallest absolute Gasteiger partial charge is 0.317 e. The summed E-state index contributed by atoms with van der Waals surface area (Å²) < 4.78 is 1.70. The summed E-state index contributed by atoms with van der Waals surface area (Å²) in [4.78, 5) is 26.5. The molecular weight excluding hydrogens is 378 g/mol. The van der Waals surface area contributed by atoms with Crippen molar-refractivity contribution >= 4 is 17.8 Å². The number of hydrogen-bond donors (Lipinski definition) is 2. The third-order valence-electron chi connectivity index (χ3n) is 4.49. The molecule has 0 aliphatic heterocycles. The summed E-state index contributed by atoms with van der Waals surface area (Å²) in [5.41, 5.74) is 2.55. The molecule has 0 aliphatic carbocycles. The van der Waals surface area contributed by atoms with Crippen LogP contribution in [0.15, 0.2) is 66.7 Å². The number of carbonyl (C=O) groups is 2. The zero-order valence-electron chi connectivity index (χ0n) is 17.3. The minimum Gasteiger partial charge on any atom is -0.338 e. The second-order valence-electron chi connectivity index (χ2n) is 6.83. The van der Waals surface area contributed by atoms with Gasteiger partial charge in [0.2, 0.25) is 5.91 Å². The van der Waals surface area contributed by atoms with E-state index in [1.807, 2.05) is 80.6 Å². The van der Waals surface area contributed by atoms with Crippen molar-refractivity contribution in [3.63, 3.8) is 0 Å². The van der Waals surface area contributed by atoms with Crippen LogP contribution in [0.25, 0.3) is 16.9 Å². The highest BCUT2D eigenvalue weighted by Gasteiger charge is 2.18. The summed E-state index contributed by atoms with van der Waals surface area (Å²) in [6.45, 7) is 4.82. The fourth-order valence-electron chi connectivity index (χ4n) is 3.13. The van der Waals surface area contributed by atoms with Crippen molar-refractivity contribution in [2.45, 2.75) is 20.3 Å². The lowest BCUT2D eigenvalue weighted by atomic mass is 10.1. The maximum Gasteiger partial charge on any atom is 0.317 e. The number of nitrogens with zero attached hydrogens (tertiary/aromatic N) is 3. The SMILES string of the molecule is CCCN(CC(=O)Nc1cc(-c2ccccc2)nn1-c1ccccc1)C(=O)NCC. The Morgan fingerprint density at radius 3 is 2.30 bits per heavy atom. The molecule has 0 spiro atoms. The van der Waals surface area contributed by atoms with Crippen molar-refractivity contribution in [2.24, 2.45) is 0 Å². The van der Waals surface area contributed by atoms with Crippen molar-refractivity contribution in [1.29, 1.82) is 0 Å². The Bertz CT molecular complexity index is 970. The summed E-state index contributed by atoms with van der Waals surface area (Å²) >= 11 is 0. The molecule has 2 N–H and O–H groups in total. The van der Waals surface area contributed by atoms with Crippen molar-refractivity contribution in [3.05, 3.63) is 66.7 Å². The molecule has 3 amide bonds. The fraction of sp³-hybridized carbons (Fsp3) is 0.261. The Balaban J connectivity index is 1.86. The van der Waals surface area contributed by atoms with Crippen LogP contribution in [-0.2, 0) is 4.79 Å². The molecule has 1 heterocycles. The summed E-state index contributed by atoms with van der Waals surface area (Å²) in [7, 11) is 0. The van der Waals surface area contributed by atoms with E-state index in [0.717, 1.165) is 23.4 Å². The average Bonchev–Trinajstić information content (AvgIpc) is 3.18. The van der Waals surface area contributed by atoms with E-state index >= 15 is 0 Å². The van der Waals surface area contributed by atoms with Crippen LogP contribution in [0.2, 0.25) is 0 Å². The molecule has 7 heteroatoms. The molecular formula is C23H27N5O2. The highest BCUT2D eigenvalue weighted by Crippen LogP contribution is 2.24. The maximum atomic E-state index is 12.8. The van der Waals surface area contributed by atoms with E-state index in [0.29, 0.717) is 18.9 Å². The standard InChI is InChI=1S/C23H27N5O2/c1-3-15-27(23(30)24-4-2)17-22(29)25-21-16-20(18-11-7-5-8-12-18)26-28(21)19-13-9-6-10-14-19/h5-14,16H,3-4,15,17H2,1-2H3,(H,24,30)(H,25,29). The molecule has 0 atom stereocenters. The average molecular weight is 406 g/mol. The number of urea groups is 1. The highest BCUT2D eigenvalue weighted by molar-refractivity contribution is 5.94. The third-order valence-corrected chi connectivity index (χ3v) is 4.49. The van der Waals surface area contributed by atoms with Gasteiger partial charge in [-0.2, -0.15) is 5.10 Å². The number of nitrogens with one attached hydrogen (secondary N) is 2. The Hall–Kier alpha value is -3.61. The predicted molar refractivity (Wildman–Crippen MR) is 119 cm³/mol. The van der Waals surface area contributed by atoms with Crippen LogP contribution in [0.4, 0.5) is 10.6 Å². The zero-order chi connectivity index (χ0) is 21.3. The highest BCUT2D eigenvalue weighted by atomic mass is 16.2. The molecule has 0 aliphatic rings. The maximum absolute atomic E-state index is 12.8. The molecule has 2 aromatic carbocycles. The van der Waals surface area contributed by atoms with E-state index in [2.05, 4.69) is 10.6 Å². The van der Waals surface area contributed by atoms with Gasteiger partial charge in [-0.1, -0.05) is 55.5 Å². The van der Waals surface area contributed by atoms with E-state index in [1.54, 1.807) is 4.68 Å². The Kier molecular flexibility index (Phi) is 7.21. The monoisotopic (exact) mass is 405 g/mol. The van der Waals surface area contributed by atoms with Crippen molar-refractivity contribution < 1.29 is 9.59 Å². The number of amides is 3. The van der Waals surface area contributed by atoms with Crippen LogP contribution in [0.3, 0.4) is 0 Å². The van der Waals surface area contributed by atoms with Crippen LogP contribution >= 0.6 is 0 Å². The van der Waals surface area contributed by atoms with Gasteiger partial charge in [-0.05, 0) is 25.5 Å². The number of rotatable bonds is 8. The van der Waals surface area contributed by atoms with Gasteiger partial charge in [0.05, 0.1) is 11.4 Å². The van der Waals surface area contributed by atoms with Gasteiger partial charge < -0.3 is 15.5 Å². The Labute approximate surface area is 176 Å². The minimum absolute atomic E-state index is 0.0275. The van der Waals surface area contributed by atoms with Gasteiger partial charge >= 0.3 is 6.03 Å². The Morgan fingerprint density at radius 1 is 1.00 bits per heavy atom. The quantitative estimate of drug-likeness (QED) is 0.596. The lowest BCUT2D eigenvalue weighted by molar-refractivity contribution is -0.116. The lowest BCUT2D eigenvalue weighted by Crippen LogP contribution is -2.44. The van der Waals surface area contributed by atoms with Crippen molar-refractivity contribution in [1.82, 2.24) is 20.0 Å². The third kappa shape index (κ3) is 5.26. The van der Waals surface area contributed by atoms with E-state index in [1.165, 1.54) is 4.90 Å². The van der Waals surface area contributed by atoms with E-state index in [-0.39, 0.29) is 18.5 Å². The van der Waals surface area contributed by atoms with E-state index in [4.69, 9.17) is 5.10 Å². The van der Waals surface area contributed by atoms with Crippen LogP contribution < -0.4 is 10.6 Å². The number of benzene rings is 2. The van der Waals surface area contributed by atoms with Crippen LogP contribution in [-0.4, -0.2) is 46.3 Å². The topological polar surface area (TPSA) is 79.3 Å². The molecule has 0 radical (unpaired) electrons. The van der Waals surface area contributed by atoms with Gasteiger partial charge in [0.25, 0.3) is 0 Å². The molecule has 0 saturated carbocycles. The van der Waals surface area contributed by atoms with Gasteiger partial charge in [0, 0.05) is 24.7 Å².